The van der Waals surface area contributed by atoms with E-state index >= 15 is 0 Å². The van der Waals surface area contributed by atoms with Gasteiger partial charge in [0.25, 0.3) is 0 Å². The van der Waals surface area contributed by atoms with Gasteiger partial charge < -0.3 is 24.4 Å². The van der Waals surface area contributed by atoms with Crippen LogP contribution in [-0.2, 0) is 6.54 Å². The summed E-state index contributed by atoms with van der Waals surface area (Å²) in [6.07, 6.45) is 0. The van der Waals surface area contributed by atoms with Crippen molar-refractivity contribution in [3.8, 4) is 17.2 Å². The van der Waals surface area contributed by atoms with Crippen LogP contribution in [0.25, 0.3) is 0 Å². The molecular formula is C21H23F2N3O3S. The fraction of sp³-hybridized carbons (Fsp3) is 0.381. The molecule has 0 aromatic heterocycles. The van der Waals surface area contributed by atoms with Crippen molar-refractivity contribution in [3.05, 3.63) is 48.0 Å². The standard InChI is InChI=1S/C21H23F2N3O3S/c22-20(23)29-17-4-2-16(3-5-17)24-21(30)26-9-7-25(8-10-26)14-15-1-6-18-19(13-15)28-12-11-27-18/h1-6,13,20H,7-12,14H2,(H,24,30). The third-order valence-corrected chi connectivity index (χ3v) is 5.36. The summed E-state index contributed by atoms with van der Waals surface area (Å²) >= 11 is 5.51. The van der Waals surface area contributed by atoms with E-state index in [4.69, 9.17) is 21.7 Å². The Morgan fingerprint density at radius 2 is 1.70 bits per heavy atom. The molecule has 0 radical (unpaired) electrons. The van der Waals surface area contributed by atoms with E-state index in [9.17, 15) is 8.78 Å². The minimum Gasteiger partial charge on any atom is -0.486 e. The van der Waals surface area contributed by atoms with Crippen molar-refractivity contribution in [1.29, 1.82) is 0 Å². The zero-order valence-corrected chi connectivity index (χ0v) is 17.2. The molecule has 0 amide bonds. The normalized spacial score (nSPS) is 16.4. The molecule has 1 N–H and O–H groups in total. The monoisotopic (exact) mass is 435 g/mol. The highest BCUT2D eigenvalue weighted by Crippen LogP contribution is 2.31. The average molecular weight is 435 g/mol. The fourth-order valence-electron chi connectivity index (χ4n) is 3.48. The van der Waals surface area contributed by atoms with Crippen LogP contribution in [-0.4, -0.2) is 60.9 Å². The maximum Gasteiger partial charge on any atom is 0.387 e. The van der Waals surface area contributed by atoms with Gasteiger partial charge in [-0.2, -0.15) is 8.78 Å². The lowest BCUT2D eigenvalue weighted by atomic mass is 10.1. The molecule has 1 fully saturated rings. The highest BCUT2D eigenvalue weighted by molar-refractivity contribution is 7.80. The lowest BCUT2D eigenvalue weighted by Crippen LogP contribution is -2.49. The van der Waals surface area contributed by atoms with Crippen molar-refractivity contribution in [1.82, 2.24) is 9.80 Å². The molecule has 2 heterocycles. The quantitative estimate of drug-likeness (QED) is 0.721. The Morgan fingerprint density at radius 3 is 2.40 bits per heavy atom. The van der Waals surface area contributed by atoms with Crippen LogP contribution in [0.3, 0.4) is 0 Å². The summed E-state index contributed by atoms with van der Waals surface area (Å²) in [5.41, 5.74) is 1.93. The van der Waals surface area contributed by atoms with E-state index in [1.54, 1.807) is 12.1 Å². The highest BCUT2D eigenvalue weighted by Gasteiger charge is 2.20. The Kier molecular flexibility index (Phi) is 6.49. The summed E-state index contributed by atoms with van der Waals surface area (Å²) in [6.45, 7) is 2.58. The second-order valence-corrected chi connectivity index (χ2v) is 7.46. The fourth-order valence-corrected chi connectivity index (χ4v) is 3.78. The molecule has 4 rings (SSSR count). The third kappa shape index (κ3) is 5.28. The van der Waals surface area contributed by atoms with Gasteiger partial charge in [0.2, 0.25) is 0 Å². The maximum absolute atomic E-state index is 12.2. The van der Waals surface area contributed by atoms with Gasteiger partial charge in [-0.25, -0.2) is 0 Å². The van der Waals surface area contributed by atoms with Crippen LogP contribution in [0.4, 0.5) is 14.5 Å². The van der Waals surface area contributed by atoms with Crippen molar-refractivity contribution < 1.29 is 23.0 Å². The van der Waals surface area contributed by atoms with Crippen LogP contribution in [0.1, 0.15) is 5.56 Å². The minimum atomic E-state index is -2.83. The van der Waals surface area contributed by atoms with Crippen LogP contribution >= 0.6 is 12.2 Å². The van der Waals surface area contributed by atoms with Gasteiger partial charge in [-0.05, 0) is 54.2 Å². The Bertz CT molecular complexity index is 874. The van der Waals surface area contributed by atoms with Gasteiger partial charge in [-0.15, -0.1) is 0 Å². The number of benzene rings is 2. The molecule has 6 nitrogen and oxygen atoms in total. The molecule has 2 aliphatic heterocycles. The minimum absolute atomic E-state index is 0.120. The molecule has 0 aliphatic carbocycles. The second-order valence-electron chi connectivity index (χ2n) is 7.07. The summed E-state index contributed by atoms with van der Waals surface area (Å²) in [6, 6.07) is 12.4. The summed E-state index contributed by atoms with van der Waals surface area (Å²) in [4.78, 5) is 4.49. The lowest BCUT2D eigenvalue weighted by Gasteiger charge is -2.36. The van der Waals surface area contributed by atoms with E-state index in [-0.39, 0.29) is 5.75 Å². The largest absolute Gasteiger partial charge is 0.486 e. The number of thiocarbonyl (C=S) groups is 1. The summed E-state index contributed by atoms with van der Waals surface area (Å²) < 4.78 is 40.1. The molecule has 160 valence electrons. The van der Waals surface area contributed by atoms with E-state index in [1.165, 1.54) is 17.7 Å². The van der Waals surface area contributed by atoms with Gasteiger partial charge in [0.15, 0.2) is 16.6 Å². The van der Waals surface area contributed by atoms with E-state index in [0.717, 1.165) is 49.9 Å². The number of ether oxygens (including phenoxy) is 3. The smallest absolute Gasteiger partial charge is 0.387 e. The number of nitrogens with zero attached hydrogens (tertiary/aromatic N) is 2. The summed E-state index contributed by atoms with van der Waals surface area (Å²) in [5.74, 6) is 1.74. The molecule has 0 unspecified atom stereocenters. The summed E-state index contributed by atoms with van der Waals surface area (Å²) in [5, 5.41) is 3.78. The van der Waals surface area contributed by atoms with Crippen molar-refractivity contribution in [2.24, 2.45) is 0 Å². The van der Waals surface area contributed by atoms with E-state index < -0.39 is 6.61 Å². The first-order valence-corrected chi connectivity index (χ1v) is 10.2. The van der Waals surface area contributed by atoms with E-state index in [2.05, 4.69) is 32.0 Å². The lowest BCUT2D eigenvalue weighted by molar-refractivity contribution is -0.0498. The third-order valence-electron chi connectivity index (χ3n) is 5.00. The topological polar surface area (TPSA) is 46.2 Å². The number of anilines is 1. The van der Waals surface area contributed by atoms with Gasteiger partial charge in [0.05, 0.1) is 0 Å². The number of alkyl halides is 2. The molecule has 0 saturated carbocycles. The zero-order valence-electron chi connectivity index (χ0n) is 16.4. The maximum atomic E-state index is 12.2. The first-order chi connectivity index (χ1) is 14.6. The number of rotatable bonds is 5. The molecule has 1 saturated heterocycles. The van der Waals surface area contributed by atoms with Crippen LogP contribution in [0.5, 0.6) is 17.2 Å². The predicted molar refractivity (Wildman–Crippen MR) is 114 cm³/mol. The second kappa shape index (κ2) is 9.44. The molecule has 30 heavy (non-hydrogen) atoms. The van der Waals surface area contributed by atoms with Gasteiger partial charge >= 0.3 is 6.61 Å². The Morgan fingerprint density at radius 1 is 1.00 bits per heavy atom. The SMILES string of the molecule is FC(F)Oc1ccc(NC(=S)N2CCN(Cc3ccc4c(c3)OCCO4)CC2)cc1. The number of fused-ring (bicyclic) bond motifs is 1. The average Bonchev–Trinajstić information content (AvgIpc) is 2.75. The molecular weight excluding hydrogens is 412 g/mol. The molecule has 0 atom stereocenters. The van der Waals surface area contributed by atoms with Crippen molar-refractivity contribution in [2.45, 2.75) is 13.2 Å². The number of hydrogen-bond donors (Lipinski definition) is 1. The van der Waals surface area contributed by atoms with Crippen molar-refractivity contribution in [3.63, 3.8) is 0 Å². The molecule has 2 aliphatic rings. The number of hydrogen-bond acceptors (Lipinski definition) is 5. The predicted octanol–water partition coefficient (Wildman–Crippen LogP) is 3.57. The number of piperazine rings is 1. The van der Waals surface area contributed by atoms with Crippen molar-refractivity contribution in [2.75, 3.05) is 44.7 Å². The van der Waals surface area contributed by atoms with Crippen LogP contribution in [0.15, 0.2) is 42.5 Å². The van der Waals surface area contributed by atoms with Crippen molar-refractivity contribution >= 4 is 23.0 Å². The van der Waals surface area contributed by atoms with E-state index in [1.807, 2.05) is 6.07 Å². The van der Waals surface area contributed by atoms with Gasteiger partial charge in [0.1, 0.15) is 19.0 Å². The zero-order chi connectivity index (χ0) is 20.9. The number of nitrogens with one attached hydrogen (secondary N) is 1. The molecule has 0 bridgehead atoms. The Balaban J connectivity index is 1.25. The van der Waals surface area contributed by atoms with Crippen LogP contribution in [0.2, 0.25) is 0 Å². The number of halogens is 2. The highest BCUT2D eigenvalue weighted by atomic mass is 32.1. The summed E-state index contributed by atoms with van der Waals surface area (Å²) in [7, 11) is 0. The van der Waals surface area contributed by atoms with Crippen LogP contribution in [0, 0.1) is 0 Å². The Hall–Kier alpha value is -2.65. The molecule has 0 spiro atoms. The first-order valence-electron chi connectivity index (χ1n) is 9.78. The van der Waals surface area contributed by atoms with Gasteiger partial charge in [0, 0.05) is 38.4 Å². The molecule has 2 aromatic rings. The van der Waals surface area contributed by atoms with Gasteiger partial charge in [-0.3, -0.25) is 4.90 Å². The van der Waals surface area contributed by atoms with E-state index in [0.29, 0.717) is 18.3 Å². The molecule has 9 heteroatoms. The van der Waals surface area contributed by atoms with Crippen LogP contribution < -0.4 is 19.5 Å². The molecule has 2 aromatic carbocycles. The first kappa shape index (κ1) is 20.6. The Labute approximate surface area is 179 Å². The van der Waals surface area contributed by atoms with Gasteiger partial charge in [-0.1, -0.05) is 6.07 Å².